The third kappa shape index (κ3) is 5.69. The first-order valence-corrected chi connectivity index (χ1v) is 15.4. The van der Waals surface area contributed by atoms with Crippen LogP contribution in [0.3, 0.4) is 0 Å². The number of hydrogen-bond acceptors (Lipinski definition) is 9. The Kier molecular flexibility index (Phi) is 8.59. The standard InChI is InChI=1S/C33H31N5O3S2/c1-40-38-29(31(39)36-28-25(20-42)34-30(28)27-18-11-19-41-27)26-21-43-32(35-26)37-33(22-12-5-2-6-13-22,23-14-7-3-8-15-23)24-16-9-4-10-17-24/h2-19,21,25,28,30,34,42H,20H2,1H3,(H,35,37)(H,36,39). The Bertz CT molecular complexity index is 1560. The first-order valence-electron chi connectivity index (χ1n) is 13.9. The van der Waals surface area contributed by atoms with Crippen LogP contribution in [0.15, 0.2) is 124 Å². The Balaban J connectivity index is 1.34. The number of benzene rings is 3. The maximum atomic E-state index is 13.6. The zero-order valence-electron chi connectivity index (χ0n) is 23.4. The van der Waals surface area contributed by atoms with Crippen molar-refractivity contribution in [2.24, 2.45) is 5.16 Å². The van der Waals surface area contributed by atoms with Gasteiger partial charge in [0, 0.05) is 17.2 Å². The van der Waals surface area contributed by atoms with Crippen LogP contribution in [0.2, 0.25) is 0 Å². The molecular weight excluding hydrogens is 579 g/mol. The second kappa shape index (κ2) is 12.9. The van der Waals surface area contributed by atoms with Gasteiger partial charge in [-0.3, -0.25) is 10.1 Å². The van der Waals surface area contributed by atoms with Crippen LogP contribution in [0.4, 0.5) is 5.13 Å². The molecule has 3 unspecified atom stereocenters. The first-order chi connectivity index (χ1) is 21.1. The Labute approximate surface area is 259 Å². The number of thiol groups is 1. The molecule has 218 valence electrons. The van der Waals surface area contributed by atoms with Crippen molar-refractivity contribution in [1.82, 2.24) is 15.6 Å². The predicted octanol–water partition coefficient (Wildman–Crippen LogP) is 5.62. The summed E-state index contributed by atoms with van der Waals surface area (Å²) in [6, 6.07) is 34.1. The number of amides is 1. The second-order valence-corrected chi connectivity index (χ2v) is 11.3. The lowest BCUT2D eigenvalue weighted by Crippen LogP contribution is -2.67. The van der Waals surface area contributed by atoms with Crippen LogP contribution in [0.5, 0.6) is 0 Å². The van der Waals surface area contributed by atoms with E-state index in [1.165, 1.54) is 18.4 Å². The van der Waals surface area contributed by atoms with Gasteiger partial charge in [0.1, 0.15) is 24.1 Å². The molecule has 10 heteroatoms. The summed E-state index contributed by atoms with van der Waals surface area (Å²) in [5, 5.41) is 16.8. The van der Waals surface area contributed by atoms with Crippen molar-refractivity contribution in [3.05, 3.63) is 143 Å². The number of nitrogens with one attached hydrogen (secondary N) is 3. The van der Waals surface area contributed by atoms with Crippen molar-refractivity contribution < 1.29 is 14.0 Å². The van der Waals surface area contributed by atoms with E-state index in [4.69, 9.17) is 14.2 Å². The normalized spacial score (nSPS) is 18.5. The largest absolute Gasteiger partial charge is 0.468 e. The molecule has 1 aliphatic rings. The van der Waals surface area contributed by atoms with Gasteiger partial charge in [-0.15, -0.1) is 11.3 Å². The highest BCUT2D eigenvalue weighted by Crippen LogP contribution is 2.40. The van der Waals surface area contributed by atoms with E-state index in [1.54, 1.807) is 6.26 Å². The van der Waals surface area contributed by atoms with Crippen molar-refractivity contribution in [3.8, 4) is 0 Å². The minimum absolute atomic E-state index is 0.0259. The Hall–Kier alpha value is -4.38. The van der Waals surface area contributed by atoms with Gasteiger partial charge >= 0.3 is 0 Å². The smallest absolute Gasteiger partial charge is 0.275 e. The minimum atomic E-state index is -0.757. The van der Waals surface area contributed by atoms with E-state index < -0.39 is 11.4 Å². The number of hydrogen-bond donors (Lipinski definition) is 4. The van der Waals surface area contributed by atoms with Crippen LogP contribution in [0, 0.1) is 0 Å². The molecule has 1 fully saturated rings. The number of nitrogens with zero attached hydrogens (tertiary/aromatic N) is 2. The maximum Gasteiger partial charge on any atom is 0.275 e. The summed E-state index contributed by atoms with van der Waals surface area (Å²) in [5.74, 6) is 0.895. The molecule has 6 rings (SSSR count). The lowest BCUT2D eigenvalue weighted by atomic mass is 9.77. The molecule has 8 nitrogen and oxygen atoms in total. The molecule has 3 atom stereocenters. The van der Waals surface area contributed by atoms with Gasteiger partial charge in [-0.25, -0.2) is 4.98 Å². The molecule has 3 heterocycles. The quantitative estimate of drug-likeness (QED) is 0.0672. The van der Waals surface area contributed by atoms with Crippen LogP contribution in [0.25, 0.3) is 0 Å². The fourth-order valence-corrected chi connectivity index (χ4v) is 6.61. The molecule has 2 aromatic heterocycles. The summed E-state index contributed by atoms with van der Waals surface area (Å²) in [5.41, 5.74) is 2.87. The fourth-order valence-electron chi connectivity index (χ4n) is 5.53. The van der Waals surface area contributed by atoms with E-state index in [-0.39, 0.29) is 23.8 Å². The van der Waals surface area contributed by atoms with Gasteiger partial charge in [-0.05, 0) is 28.8 Å². The highest BCUT2D eigenvalue weighted by Gasteiger charge is 2.44. The number of aromatic nitrogens is 1. The van der Waals surface area contributed by atoms with Gasteiger partial charge in [0.2, 0.25) is 0 Å². The fraction of sp³-hybridized carbons (Fsp3) is 0.182. The topological polar surface area (TPSA) is 101 Å². The van der Waals surface area contributed by atoms with Crippen LogP contribution < -0.4 is 16.0 Å². The lowest BCUT2D eigenvalue weighted by molar-refractivity contribution is -0.116. The Morgan fingerprint density at radius 3 is 2.09 bits per heavy atom. The second-order valence-electron chi connectivity index (χ2n) is 10.1. The number of rotatable bonds is 11. The van der Waals surface area contributed by atoms with Crippen LogP contribution >= 0.6 is 24.0 Å². The molecule has 0 saturated carbocycles. The molecule has 1 aliphatic heterocycles. The molecule has 0 spiro atoms. The Morgan fingerprint density at radius 2 is 1.58 bits per heavy atom. The monoisotopic (exact) mass is 609 g/mol. The molecule has 0 aliphatic carbocycles. The molecule has 0 radical (unpaired) electrons. The van der Waals surface area contributed by atoms with E-state index in [0.29, 0.717) is 16.6 Å². The van der Waals surface area contributed by atoms with Crippen molar-refractivity contribution in [1.29, 1.82) is 0 Å². The third-order valence-electron chi connectivity index (χ3n) is 7.59. The number of anilines is 1. The summed E-state index contributed by atoms with van der Waals surface area (Å²) >= 11 is 5.84. The SMILES string of the molecule is CON=C(C(=O)NC1C(CS)NC1c1ccco1)c1csc(NC(c2ccccc2)(c2ccccc2)c2ccccc2)n1. The molecule has 3 N–H and O–H groups in total. The van der Waals surface area contributed by atoms with E-state index in [0.717, 1.165) is 22.5 Å². The average molecular weight is 610 g/mol. The molecule has 3 aromatic carbocycles. The Morgan fingerprint density at radius 1 is 0.977 bits per heavy atom. The first kappa shape index (κ1) is 28.7. The van der Waals surface area contributed by atoms with Crippen LogP contribution in [-0.4, -0.2) is 41.5 Å². The molecule has 43 heavy (non-hydrogen) atoms. The highest BCUT2D eigenvalue weighted by molar-refractivity contribution is 7.80. The highest BCUT2D eigenvalue weighted by atomic mass is 32.1. The van der Waals surface area contributed by atoms with E-state index in [9.17, 15) is 4.79 Å². The molecule has 1 saturated heterocycles. The third-order valence-corrected chi connectivity index (χ3v) is 8.74. The van der Waals surface area contributed by atoms with E-state index >= 15 is 0 Å². The van der Waals surface area contributed by atoms with E-state index in [2.05, 4.69) is 70.1 Å². The number of carbonyl (C=O) groups excluding carboxylic acids is 1. The van der Waals surface area contributed by atoms with Gasteiger partial charge in [0.25, 0.3) is 5.91 Å². The molecule has 5 aromatic rings. The van der Waals surface area contributed by atoms with Gasteiger partial charge in [0.05, 0.1) is 18.3 Å². The number of oxime groups is 1. The van der Waals surface area contributed by atoms with Gasteiger partial charge in [0.15, 0.2) is 10.8 Å². The summed E-state index contributed by atoms with van der Waals surface area (Å²) in [7, 11) is 1.41. The molecule has 0 bridgehead atoms. The number of furan rings is 1. The van der Waals surface area contributed by atoms with Gasteiger partial charge in [-0.2, -0.15) is 12.6 Å². The zero-order chi connectivity index (χ0) is 29.6. The zero-order valence-corrected chi connectivity index (χ0v) is 25.1. The lowest BCUT2D eigenvalue weighted by Gasteiger charge is -2.44. The van der Waals surface area contributed by atoms with Crippen molar-refractivity contribution >= 4 is 40.7 Å². The predicted molar refractivity (Wildman–Crippen MR) is 173 cm³/mol. The summed E-state index contributed by atoms with van der Waals surface area (Å²) < 4.78 is 5.58. The van der Waals surface area contributed by atoms with Crippen LogP contribution in [0.1, 0.15) is 34.2 Å². The summed E-state index contributed by atoms with van der Waals surface area (Å²) in [6.45, 7) is 0. The van der Waals surface area contributed by atoms with Gasteiger partial charge in [-0.1, -0.05) is 96.2 Å². The number of carbonyl (C=O) groups is 1. The summed E-state index contributed by atoms with van der Waals surface area (Å²) in [4.78, 5) is 23.6. The maximum absolute atomic E-state index is 13.6. The average Bonchev–Trinajstić information content (AvgIpc) is 3.75. The van der Waals surface area contributed by atoms with Crippen molar-refractivity contribution in [2.75, 3.05) is 18.2 Å². The van der Waals surface area contributed by atoms with Crippen molar-refractivity contribution in [2.45, 2.75) is 23.7 Å². The summed E-state index contributed by atoms with van der Waals surface area (Å²) in [6.07, 6.45) is 1.62. The van der Waals surface area contributed by atoms with Gasteiger partial charge < -0.3 is 19.9 Å². The van der Waals surface area contributed by atoms with Crippen molar-refractivity contribution in [3.63, 3.8) is 0 Å². The van der Waals surface area contributed by atoms with Crippen LogP contribution in [-0.2, 0) is 15.2 Å². The molecular formula is C33H31N5O3S2. The minimum Gasteiger partial charge on any atom is -0.468 e. The molecule has 1 amide bonds. The number of thiazole rings is 1. The van der Waals surface area contributed by atoms with E-state index in [1.807, 2.05) is 72.1 Å².